The Hall–Kier alpha value is -1.45. The molecular formula is C22H27NOS. The molecule has 0 atom stereocenters. The molecule has 0 spiro atoms. The Balaban J connectivity index is 1.65. The maximum absolute atomic E-state index is 13.1. The quantitative estimate of drug-likeness (QED) is 0.717. The Morgan fingerprint density at radius 1 is 1.16 bits per heavy atom. The number of ketones is 1. The van der Waals surface area contributed by atoms with Gasteiger partial charge in [-0.25, -0.2) is 0 Å². The number of likely N-dealkylation sites (tertiary alicyclic amines) is 1. The van der Waals surface area contributed by atoms with Crippen molar-refractivity contribution in [3.8, 4) is 10.4 Å². The molecule has 132 valence electrons. The Labute approximate surface area is 154 Å². The van der Waals surface area contributed by atoms with Crippen LogP contribution in [0.3, 0.4) is 0 Å². The molecule has 1 aliphatic carbocycles. The third-order valence-electron chi connectivity index (χ3n) is 5.99. The lowest BCUT2D eigenvalue weighted by Crippen LogP contribution is -2.47. The normalized spacial score (nSPS) is 20.5. The molecule has 2 fully saturated rings. The van der Waals surface area contributed by atoms with Crippen LogP contribution in [0.15, 0.2) is 41.8 Å². The van der Waals surface area contributed by atoms with Crippen LogP contribution in [0.4, 0.5) is 0 Å². The molecular weight excluding hydrogens is 326 g/mol. The third-order valence-corrected chi connectivity index (χ3v) is 6.96. The first-order chi connectivity index (χ1) is 12.2. The minimum atomic E-state index is -0.278. The predicted octanol–water partition coefficient (Wildman–Crippen LogP) is 5.14. The van der Waals surface area contributed by atoms with Crippen molar-refractivity contribution in [2.45, 2.75) is 44.4 Å². The summed E-state index contributed by atoms with van der Waals surface area (Å²) in [6, 6.07) is 12.8. The van der Waals surface area contributed by atoms with Gasteiger partial charge in [0.25, 0.3) is 0 Å². The van der Waals surface area contributed by atoms with Crippen molar-refractivity contribution in [2.75, 3.05) is 19.6 Å². The molecule has 2 aromatic rings. The van der Waals surface area contributed by atoms with E-state index in [4.69, 9.17) is 0 Å². The van der Waals surface area contributed by atoms with Crippen molar-refractivity contribution in [3.05, 3.63) is 47.3 Å². The first-order valence-corrected chi connectivity index (χ1v) is 10.5. The van der Waals surface area contributed by atoms with Gasteiger partial charge >= 0.3 is 0 Å². The van der Waals surface area contributed by atoms with Gasteiger partial charge in [-0.3, -0.25) is 4.79 Å². The maximum atomic E-state index is 13.1. The molecule has 0 N–H and O–H groups in total. The number of nitrogens with zero attached hydrogens (tertiary/aromatic N) is 1. The summed E-state index contributed by atoms with van der Waals surface area (Å²) in [4.78, 5) is 17.0. The van der Waals surface area contributed by atoms with Crippen molar-refractivity contribution in [1.29, 1.82) is 0 Å². The van der Waals surface area contributed by atoms with Gasteiger partial charge in [0.1, 0.15) is 5.78 Å². The van der Waals surface area contributed by atoms with Crippen LogP contribution in [0.5, 0.6) is 0 Å². The fraction of sp³-hybridized carbons (Fsp3) is 0.500. The lowest BCUT2D eigenvalue weighted by atomic mass is 9.68. The molecule has 3 heteroatoms. The second-order valence-electron chi connectivity index (χ2n) is 7.63. The summed E-state index contributed by atoms with van der Waals surface area (Å²) in [5, 5.41) is 2.17. The summed E-state index contributed by atoms with van der Waals surface area (Å²) in [6.07, 6.45) is 5.38. The van der Waals surface area contributed by atoms with Gasteiger partial charge in [-0.2, -0.15) is 0 Å². The molecule has 0 unspecified atom stereocenters. The standard InChI is InChI=1S/C22H27NOS/c1-2-20(24)22(11-13-23(14-12-22)16-17-8-9-17)19-10-15-25-21(19)18-6-4-3-5-7-18/h3-7,10,15,17H,2,8-9,11-14,16H2,1H3. The minimum Gasteiger partial charge on any atom is -0.303 e. The van der Waals surface area contributed by atoms with Crippen LogP contribution in [-0.2, 0) is 10.2 Å². The number of hydrogen-bond acceptors (Lipinski definition) is 3. The number of hydrogen-bond donors (Lipinski definition) is 0. The molecule has 25 heavy (non-hydrogen) atoms. The largest absolute Gasteiger partial charge is 0.303 e. The van der Waals surface area contributed by atoms with Gasteiger partial charge < -0.3 is 4.90 Å². The van der Waals surface area contributed by atoms with Gasteiger partial charge in [0.2, 0.25) is 0 Å². The number of benzene rings is 1. The number of carbonyl (C=O) groups is 1. The monoisotopic (exact) mass is 353 g/mol. The van der Waals surface area contributed by atoms with Crippen LogP contribution >= 0.6 is 11.3 Å². The van der Waals surface area contributed by atoms with E-state index in [2.05, 4.69) is 46.7 Å². The van der Waals surface area contributed by atoms with Gasteiger partial charge in [-0.05, 0) is 67.3 Å². The van der Waals surface area contributed by atoms with Gasteiger partial charge in [0.15, 0.2) is 0 Å². The van der Waals surface area contributed by atoms with E-state index in [1.54, 1.807) is 11.3 Å². The highest BCUT2D eigenvalue weighted by Gasteiger charge is 2.44. The fourth-order valence-corrected chi connectivity index (χ4v) is 5.32. The zero-order valence-corrected chi connectivity index (χ0v) is 15.9. The molecule has 0 amide bonds. The summed E-state index contributed by atoms with van der Waals surface area (Å²) in [6.45, 7) is 5.39. The highest BCUT2D eigenvalue weighted by atomic mass is 32.1. The highest BCUT2D eigenvalue weighted by Crippen LogP contribution is 2.45. The molecule has 1 saturated carbocycles. The topological polar surface area (TPSA) is 20.3 Å². The predicted molar refractivity (Wildman–Crippen MR) is 105 cm³/mol. The van der Waals surface area contributed by atoms with Crippen LogP contribution in [0.25, 0.3) is 10.4 Å². The summed E-state index contributed by atoms with van der Waals surface area (Å²) in [5.41, 5.74) is 2.25. The van der Waals surface area contributed by atoms with Crippen molar-refractivity contribution >= 4 is 17.1 Å². The number of piperidine rings is 1. The minimum absolute atomic E-state index is 0.278. The number of rotatable bonds is 6. The molecule has 0 radical (unpaired) electrons. The SMILES string of the molecule is CCC(=O)C1(c2ccsc2-c2ccccc2)CCN(CC2CC2)CC1. The van der Waals surface area contributed by atoms with Crippen molar-refractivity contribution in [3.63, 3.8) is 0 Å². The third kappa shape index (κ3) is 3.32. The molecule has 1 aromatic heterocycles. The Kier molecular flexibility index (Phi) is 4.79. The summed E-state index contributed by atoms with van der Waals surface area (Å²) < 4.78 is 0. The lowest BCUT2D eigenvalue weighted by Gasteiger charge is -2.41. The number of thiophene rings is 1. The van der Waals surface area contributed by atoms with E-state index >= 15 is 0 Å². The molecule has 2 aliphatic rings. The van der Waals surface area contributed by atoms with Gasteiger partial charge in [-0.1, -0.05) is 37.3 Å². The Morgan fingerprint density at radius 3 is 2.52 bits per heavy atom. The molecule has 1 aromatic carbocycles. The smallest absolute Gasteiger partial charge is 0.143 e. The Morgan fingerprint density at radius 2 is 1.88 bits per heavy atom. The van der Waals surface area contributed by atoms with Crippen LogP contribution in [-0.4, -0.2) is 30.3 Å². The molecule has 0 bridgehead atoms. The Bertz CT molecular complexity index is 723. The average Bonchev–Trinajstić information content (AvgIpc) is 3.34. The molecule has 2 nitrogen and oxygen atoms in total. The van der Waals surface area contributed by atoms with Gasteiger partial charge in [0, 0.05) is 17.8 Å². The summed E-state index contributed by atoms with van der Waals surface area (Å²) in [5.74, 6) is 1.35. The van der Waals surface area contributed by atoms with Gasteiger partial charge in [-0.15, -0.1) is 11.3 Å². The van der Waals surface area contributed by atoms with Crippen molar-refractivity contribution in [2.24, 2.45) is 5.92 Å². The van der Waals surface area contributed by atoms with Crippen LogP contribution < -0.4 is 0 Å². The van der Waals surface area contributed by atoms with E-state index < -0.39 is 0 Å². The first-order valence-electron chi connectivity index (χ1n) is 9.62. The van der Waals surface area contributed by atoms with E-state index in [0.717, 1.165) is 31.8 Å². The summed E-state index contributed by atoms with van der Waals surface area (Å²) in [7, 11) is 0. The van der Waals surface area contributed by atoms with Gasteiger partial charge in [0.05, 0.1) is 5.41 Å². The second kappa shape index (κ2) is 7.05. The second-order valence-corrected chi connectivity index (χ2v) is 8.55. The number of carbonyl (C=O) groups excluding carboxylic acids is 1. The van der Waals surface area contributed by atoms with Crippen molar-refractivity contribution < 1.29 is 4.79 Å². The fourth-order valence-electron chi connectivity index (χ4n) is 4.32. The number of Topliss-reactive ketones (excluding diaryl/α,β-unsaturated/α-hetero) is 1. The van der Waals surface area contributed by atoms with E-state index in [-0.39, 0.29) is 5.41 Å². The van der Waals surface area contributed by atoms with Crippen molar-refractivity contribution in [1.82, 2.24) is 4.90 Å². The van der Waals surface area contributed by atoms with E-state index in [0.29, 0.717) is 12.2 Å². The lowest BCUT2D eigenvalue weighted by molar-refractivity contribution is -0.126. The highest BCUT2D eigenvalue weighted by molar-refractivity contribution is 7.13. The summed E-state index contributed by atoms with van der Waals surface area (Å²) >= 11 is 1.78. The first kappa shape index (κ1) is 17.0. The van der Waals surface area contributed by atoms with Crippen LogP contribution in [0.1, 0.15) is 44.6 Å². The molecule has 2 heterocycles. The average molecular weight is 354 g/mol. The van der Waals surface area contributed by atoms with E-state index in [9.17, 15) is 4.79 Å². The van der Waals surface area contributed by atoms with Crippen LogP contribution in [0, 0.1) is 5.92 Å². The molecule has 1 aliphatic heterocycles. The van der Waals surface area contributed by atoms with Crippen LogP contribution in [0.2, 0.25) is 0 Å². The zero-order valence-electron chi connectivity index (χ0n) is 15.0. The zero-order chi connectivity index (χ0) is 17.3. The maximum Gasteiger partial charge on any atom is 0.143 e. The van der Waals surface area contributed by atoms with E-state index in [1.165, 1.54) is 35.4 Å². The molecule has 4 rings (SSSR count). The van der Waals surface area contributed by atoms with E-state index in [1.807, 2.05) is 6.92 Å². The molecule has 1 saturated heterocycles.